The Morgan fingerprint density at radius 3 is 2.93 bits per heavy atom. The largest absolute Gasteiger partial charge is 0.377 e. The van der Waals surface area contributed by atoms with Crippen molar-refractivity contribution in [3.05, 3.63) is 24.3 Å². The molecule has 0 saturated heterocycles. The Morgan fingerprint density at radius 2 is 2.36 bits per heavy atom. The maximum atomic E-state index is 5.55. The van der Waals surface area contributed by atoms with Crippen molar-refractivity contribution in [2.24, 2.45) is 17.8 Å². The second-order valence-electron chi connectivity index (χ2n) is 4.58. The molecule has 1 heteroatoms. The Kier molecular flexibility index (Phi) is 3.07. The van der Waals surface area contributed by atoms with Crippen LogP contribution in [0, 0.1) is 17.8 Å². The zero-order chi connectivity index (χ0) is 9.97. The van der Waals surface area contributed by atoms with Crippen molar-refractivity contribution in [2.75, 3.05) is 13.2 Å². The molecule has 1 nitrogen and oxygen atoms in total. The summed E-state index contributed by atoms with van der Waals surface area (Å²) in [4.78, 5) is 0. The molecule has 0 N–H and O–H groups in total. The molecule has 3 atom stereocenters. The van der Waals surface area contributed by atoms with Gasteiger partial charge in [-0.05, 0) is 43.9 Å². The molecule has 0 aromatic heterocycles. The zero-order valence-electron chi connectivity index (χ0n) is 9.04. The van der Waals surface area contributed by atoms with E-state index in [0.29, 0.717) is 6.61 Å². The average molecular weight is 192 g/mol. The van der Waals surface area contributed by atoms with Gasteiger partial charge in [-0.2, -0.15) is 0 Å². The minimum atomic E-state index is 0.713. The van der Waals surface area contributed by atoms with E-state index in [1.807, 2.05) is 6.08 Å². The summed E-state index contributed by atoms with van der Waals surface area (Å²) in [5, 5.41) is 0. The van der Waals surface area contributed by atoms with Crippen molar-refractivity contribution >= 4 is 0 Å². The van der Waals surface area contributed by atoms with Crippen molar-refractivity contribution in [2.45, 2.75) is 26.2 Å². The van der Waals surface area contributed by atoms with Gasteiger partial charge in [-0.1, -0.05) is 17.7 Å². The fraction of sp³-hybridized carbons (Fsp3) is 0.692. The first-order valence-corrected chi connectivity index (χ1v) is 5.68. The normalized spacial score (nSPS) is 38.1. The summed E-state index contributed by atoms with van der Waals surface area (Å²) < 4.78 is 5.55. The number of hydrogen-bond acceptors (Lipinski definition) is 1. The van der Waals surface area contributed by atoms with Gasteiger partial charge in [-0.3, -0.25) is 0 Å². The van der Waals surface area contributed by atoms with Gasteiger partial charge in [-0.15, -0.1) is 6.58 Å². The van der Waals surface area contributed by atoms with Crippen LogP contribution in [0.1, 0.15) is 26.2 Å². The molecule has 0 spiro atoms. The highest BCUT2D eigenvalue weighted by Gasteiger charge is 2.41. The van der Waals surface area contributed by atoms with Crippen LogP contribution in [0.25, 0.3) is 0 Å². The maximum absolute atomic E-state index is 5.55. The van der Waals surface area contributed by atoms with E-state index in [-0.39, 0.29) is 0 Å². The van der Waals surface area contributed by atoms with Crippen molar-refractivity contribution in [3.8, 4) is 0 Å². The van der Waals surface area contributed by atoms with Gasteiger partial charge in [0.2, 0.25) is 0 Å². The van der Waals surface area contributed by atoms with Gasteiger partial charge in [0.05, 0.1) is 13.2 Å². The van der Waals surface area contributed by atoms with Crippen LogP contribution in [0.2, 0.25) is 0 Å². The Bertz CT molecular complexity index is 242. The van der Waals surface area contributed by atoms with Gasteiger partial charge in [0, 0.05) is 0 Å². The molecule has 0 radical (unpaired) electrons. The van der Waals surface area contributed by atoms with Gasteiger partial charge in [0.1, 0.15) is 0 Å². The smallest absolute Gasteiger partial charge is 0.0644 e. The van der Waals surface area contributed by atoms with E-state index in [0.717, 1.165) is 24.4 Å². The Balaban J connectivity index is 1.81. The first kappa shape index (κ1) is 9.97. The van der Waals surface area contributed by atoms with Crippen molar-refractivity contribution in [1.29, 1.82) is 0 Å². The fourth-order valence-electron chi connectivity index (χ4n) is 3.09. The van der Waals surface area contributed by atoms with E-state index >= 15 is 0 Å². The summed E-state index contributed by atoms with van der Waals surface area (Å²) in [6.07, 6.45) is 8.28. The van der Waals surface area contributed by atoms with Crippen LogP contribution in [0.15, 0.2) is 24.3 Å². The molecule has 0 heterocycles. The lowest BCUT2D eigenvalue weighted by Crippen LogP contribution is -2.17. The van der Waals surface area contributed by atoms with Crippen LogP contribution < -0.4 is 0 Å². The lowest BCUT2D eigenvalue weighted by molar-refractivity contribution is 0.103. The molecular formula is C13H20O. The molecule has 0 amide bonds. The van der Waals surface area contributed by atoms with E-state index in [4.69, 9.17) is 4.74 Å². The Morgan fingerprint density at radius 1 is 1.50 bits per heavy atom. The predicted molar refractivity (Wildman–Crippen MR) is 59.1 cm³/mol. The Hall–Kier alpha value is -0.560. The summed E-state index contributed by atoms with van der Waals surface area (Å²) in [5.74, 6) is 2.63. The second-order valence-corrected chi connectivity index (χ2v) is 4.58. The second kappa shape index (κ2) is 4.31. The van der Waals surface area contributed by atoms with E-state index < -0.39 is 0 Å². The molecule has 0 aromatic rings. The minimum Gasteiger partial charge on any atom is -0.377 e. The van der Waals surface area contributed by atoms with Gasteiger partial charge < -0.3 is 4.74 Å². The van der Waals surface area contributed by atoms with Crippen LogP contribution in [0.5, 0.6) is 0 Å². The maximum Gasteiger partial charge on any atom is 0.0644 e. The quantitative estimate of drug-likeness (QED) is 0.491. The summed E-state index contributed by atoms with van der Waals surface area (Å²) in [6, 6.07) is 0. The van der Waals surface area contributed by atoms with Gasteiger partial charge in [0.15, 0.2) is 0 Å². The fourth-order valence-corrected chi connectivity index (χ4v) is 3.09. The minimum absolute atomic E-state index is 0.713. The lowest BCUT2D eigenvalue weighted by Gasteiger charge is -2.23. The summed E-state index contributed by atoms with van der Waals surface area (Å²) >= 11 is 0. The van der Waals surface area contributed by atoms with Crippen LogP contribution in [0.4, 0.5) is 0 Å². The molecule has 2 aliphatic rings. The summed E-state index contributed by atoms with van der Waals surface area (Å²) in [7, 11) is 0. The van der Waals surface area contributed by atoms with Gasteiger partial charge in [-0.25, -0.2) is 0 Å². The number of fused-ring (bicyclic) bond motifs is 2. The molecule has 2 rings (SSSR count). The molecular weight excluding hydrogens is 172 g/mol. The highest BCUT2D eigenvalue weighted by molar-refractivity contribution is 5.17. The average Bonchev–Trinajstić information content (AvgIpc) is 2.76. The monoisotopic (exact) mass is 192 g/mol. The SMILES string of the molecule is C=CCOCC1CC2CC1CC2=CC. The third-order valence-electron chi connectivity index (χ3n) is 3.80. The topological polar surface area (TPSA) is 9.23 Å². The zero-order valence-corrected chi connectivity index (χ0v) is 9.04. The van der Waals surface area contributed by atoms with Crippen molar-refractivity contribution in [3.63, 3.8) is 0 Å². The third-order valence-corrected chi connectivity index (χ3v) is 3.80. The van der Waals surface area contributed by atoms with Gasteiger partial charge in [0.25, 0.3) is 0 Å². The van der Waals surface area contributed by atoms with E-state index in [1.54, 1.807) is 5.57 Å². The van der Waals surface area contributed by atoms with Crippen LogP contribution in [-0.4, -0.2) is 13.2 Å². The molecule has 14 heavy (non-hydrogen) atoms. The molecule has 0 aliphatic heterocycles. The molecule has 2 saturated carbocycles. The van der Waals surface area contributed by atoms with E-state index in [2.05, 4.69) is 19.6 Å². The first-order chi connectivity index (χ1) is 6.85. The number of allylic oxidation sites excluding steroid dienone is 2. The van der Waals surface area contributed by atoms with Crippen LogP contribution >= 0.6 is 0 Å². The van der Waals surface area contributed by atoms with Crippen molar-refractivity contribution < 1.29 is 4.74 Å². The number of ether oxygens (including phenoxy) is 1. The standard InChI is InChI=1S/C13H20O/c1-3-5-14-9-13-8-11-7-12(13)6-10(11)4-2/h3-4,11-13H,1,5-9H2,2H3. The Labute approximate surface area is 86.8 Å². The molecule has 2 bridgehead atoms. The highest BCUT2D eigenvalue weighted by atomic mass is 16.5. The number of rotatable bonds is 4. The lowest BCUT2D eigenvalue weighted by atomic mass is 9.86. The molecule has 0 aromatic carbocycles. The van der Waals surface area contributed by atoms with Gasteiger partial charge >= 0.3 is 0 Å². The van der Waals surface area contributed by atoms with Crippen LogP contribution in [-0.2, 0) is 4.74 Å². The summed E-state index contributed by atoms with van der Waals surface area (Å²) in [5.41, 5.74) is 1.70. The highest BCUT2D eigenvalue weighted by Crippen LogP contribution is 2.51. The van der Waals surface area contributed by atoms with E-state index in [9.17, 15) is 0 Å². The molecule has 3 unspecified atom stereocenters. The predicted octanol–water partition coefficient (Wildman–Crippen LogP) is 3.18. The van der Waals surface area contributed by atoms with E-state index in [1.165, 1.54) is 19.3 Å². The molecule has 2 aliphatic carbocycles. The third kappa shape index (κ3) is 1.78. The molecule has 78 valence electrons. The number of hydrogen-bond donors (Lipinski definition) is 0. The van der Waals surface area contributed by atoms with Crippen molar-refractivity contribution in [1.82, 2.24) is 0 Å². The van der Waals surface area contributed by atoms with Crippen LogP contribution in [0.3, 0.4) is 0 Å². The molecule has 2 fully saturated rings. The summed E-state index contributed by atoms with van der Waals surface area (Å²) in [6.45, 7) is 7.51. The first-order valence-electron chi connectivity index (χ1n) is 5.68.